The minimum Gasteiger partial charge on any atom is -0.467 e. The molecule has 1 aromatic rings. The molecule has 102 valence electrons. The van der Waals surface area contributed by atoms with E-state index in [2.05, 4.69) is 15.9 Å². The Labute approximate surface area is 111 Å². The number of hydrogen-bond donors (Lipinski definition) is 0. The van der Waals surface area contributed by atoms with Gasteiger partial charge in [0, 0.05) is 0 Å². The molecule has 0 saturated heterocycles. The first-order chi connectivity index (χ1) is 8.09. The highest BCUT2D eigenvalue weighted by molar-refractivity contribution is 9.10. The average molecular weight is 328 g/mol. The normalized spacial score (nSPS) is 12.6. The molecular weight excluding hydrogens is 315 g/mol. The van der Waals surface area contributed by atoms with Gasteiger partial charge in [0.25, 0.3) is 0 Å². The average Bonchev–Trinajstić information content (AvgIpc) is 2.64. The van der Waals surface area contributed by atoms with Gasteiger partial charge < -0.3 is 9.32 Å². The summed E-state index contributed by atoms with van der Waals surface area (Å²) >= 11 is 3.07. The Bertz CT molecular complexity index is 395. The predicted molar refractivity (Wildman–Crippen MR) is 63.2 cm³/mol. The first-order valence-electron chi connectivity index (χ1n) is 5.17. The van der Waals surface area contributed by atoms with Gasteiger partial charge in [0.2, 0.25) is 5.91 Å². The highest BCUT2D eigenvalue weighted by Gasteiger charge is 2.37. The molecule has 3 nitrogen and oxygen atoms in total. The first-order valence-corrected chi connectivity index (χ1v) is 5.96. The third-order valence-electron chi connectivity index (χ3n) is 2.09. The molecule has 0 atom stereocenters. The van der Waals surface area contributed by atoms with Crippen LogP contribution in [0.5, 0.6) is 0 Å². The molecule has 0 unspecified atom stereocenters. The standard InChI is InChI=1S/C11H13BrF3NO2/c1-10(2,12)9(17)16(7-11(13,14)15)6-8-4-3-5-18-8/h3-5H,6-7H2,1-2H3. The fourth-order valence-corrected chi connectivity index (χ4v) is 1.63. The van der Waals surface area contributed by atoms with E-state index in [1.807, 2.05) is 0 Å². The van der Waals surface area contributed by atoms with Crippen molar-refractivity contribution in [2.75, 3.05) is 6.54 Å². The molecule has 0 N–H and O–H groups in total. The number of rotatable bonds is 4. The van der Waals surface area contributed by atoms with E-state index in [1.165, 1.54) is 26.2 Å². The van der Waals surface area contributed by atoms with E-state index in [0.717, 1.165) is 0 Å². The van der Waals surface area contributed by atoms with Crippen LogP contribution in [0.2, 0.25) is 0 Å². The summed E-state index contributed by atoms with van der Waals surface area (Å²) in [6, 6.07) is 3.09. The van der Waals surface area contributed by atoms with Crippen LogP contribution in [0.3, 0.4) is 0 Å². The molecule has 0 aromatic carbocycles. The van der Waals surface area contributed by atoms with E-state index in [4.69, 9.17) is 4.42 Å². The summed E-state index contributed by atoms with van der Waals surface area (Å²) in [7, 11) is 0. The monoisotopic (exact) mass is 327 g/mol. The van der Waals surface area contributed by atoms with Crippen LogP contribution in [-0.4, -0.2) is 27.9 Å². The van der Waals surface area contributed by atoms with Crippen LogP contribution in [0.15, 0.2) is 22.8 Å². The van der Waals surface area contributed by atoms with Crippen molar-refractivity contribution in [1.82, 2.24) is 4.90 Å². The molecule has 0 fully saturated rings. The van der Waals surface area contributed by atoms with Gasteiger partial charge in [-0.25, -0.2) is 0 Å². The highest BCUT2D eigenvalue weighted by atomic mass is 79.9. The van der Waals surface area contributed by atoms with Crippen LogP contribution in [0.1, 0.15) is 19.6 Å². The summed E-state index contributed by atoms with van der Waals surface area (Å²) < 4.78 is 41.2. The molecule has 1 heterocycles. The Morgan fingerprint density at radius 3 is 2.44 bits per heavy atom. The zero-order valence-corrected chi connectivity index (χ0v) is 11.5. The summed E-state index contributed by atoms with van der Waals surface area (Å²) in [4.78, 5) is 12.6. The lowest BCUT2D eigenvalue weighted by Gasteiger charge is -2.28. The molecule has 1 rings (SSSR count). The van der Waals surface area contributed by atoms with Crippen molar-refractivity contribution in [2.24, 2.45) is 0 Å². The number of amides is 1. The molecule has 0 bridgehead atoms. The Morgan fingerprint density at radius 2 is 2.06 bits per heavy atom. The minimum atomic E-state index is -4.44. The summed E-state index contributed by atoms with van der Waals surface area (Å²) in [5.74, 6) is -0.333. The molecule has 7 heteroatoms. The Kier molecular flexibility index (Phi) is 4.47. The molecular formula is C11H13BrF3NO2. The minimum absolute atomic E-state index is 0.208. The number of halogens is 4. The van der Waals surface area contributed by atoms with E-state index >= 15 is 0 Å². The van der Waals surface area contributed by atoms with Gasteiger partial charge in [0.15, 0.2) is 0 Å². The van der Waals surface area contributed by atoms with Gasteiger partial charge in [-0.2, -0.15) is 13.2 Å². The maximum absolute atomic E-state index is 12.4. The van der Waals surface area contributed by atoms with Crippen LogP contribution >= 0.6 is 15.9 Å². The number of nitrogens with zero attached hydrogens (tertiary/aromatic N) is 1. The fourth-order valence-electron chi connectivity index (χ4n) is 1.38. The number of alkyl halides is 4. The van der Waals surface area contributed by atoms with Gasteiger partial charge in [-0.05, 0) is 26.0 Å². The third-order valence-corrected chi connectivity index (χ3v) is 2.43. The number of hydrogen-bond acceptors (Lipinski definition) is 2. The highest BCUT2D eigenvalue weighted by Crippen LogP contribution is 2.24. The van der Waals surface area contributed by atoms with E-state index in [-0.39, 0.29) is 6.54 Å². The van der Waals surface area contributed by atoms with Gasteiger partial charge in [-0.15, -0.1) is 0 Å². The van der Waals surface area contributed by atoms with Crippen molar-refractivity contribution in [2.45, 2.75) is 30.9 Å². The smallest absolute Gasteiger partial charge is 0.406 e. The second-order valence-corrected chi connectivity index (χ2v) is 6.31. The van der Waals surface area contributed by atoms with Gasteiger partial charge in [-0.1, -0.05) is 15.9 Å². The van der Waals surface area contributed by atoms with Crippen LogP contribution in [0.4, 0.5) is 13.2 Å². The quantitative estimate of drug-likeness (QED) is 0.795. The summed E-state index contributed by atoms with van der Waals surface area (Å²) in [5, 5.41) is 0. The zero-order chi connectivity index (χ0) is 14.0. The lowest BCUT2D eigenvalue weighted by Crippen LogP contribution is -2.45. The SMILES string of the molecule is CC(C)(Br)C(=O)N(Cc1ccco1)CC(F)(F)F. The zero-order valence-electron chi connectivity index (χ0n) is 9.92. The van der Waals surface area contributed by atoms with Crippen molar-refractivity contribution in [3.05, 3.63) is 24.2 Å². The van der Waals surface area contributed by atoms with Gasteiger partial charge in [0.05, 0.1) is 17.1 Å². The van der Waals surface area contributed by atoms with E-state index < -0.39 is 23.0 Å². The van der Waals surface area contributed by atoms with Gasteiger partial charge >= 0.3 is 6.18 Å². The topological polar surface area (TPSA) is 33.5 Å². The molecule has 1 aromatic heterocycles. The fraction of sp³-hybridized carbons (Fsp3) is 0.545. The second kappa shape index (κ2) is 5.34. The Morgan fingerprint density at radius 1 is 1.44 bits per heavy atom. The van der Waals surface area contributed by atoms with Crippen LogP contribution in [0.25, 0.3) is 0 Å². The molecule has 0 aliphatic heterocycles. The molecule has 1 amide bonds. The van der Waals surface area contributed by atoms with Crippen molar-refractivity contribution >= 4 is 21.8 Å². The van der Waals surface area contributed by atoms with Crippen molar-refractivity contribution in [1.29, 1.82) is 0 Å². The van der Waals surface area contributed by atoms with Crippen LogP contribution < -0.4 is 0 Å². The number of furan rings is 1. The van der Waals surface area contributed by atoms with Crippen molar-refractivity contribution in [3.8, 4) is 0 Å². The number of carbonyl (C=O) groups excluding carboxylic acids is 1. The Hall–Kier alpha value is -0.980. The van der Waals surface area contributed by atoms with Gasteiger partial charge in [0.1, 0.15) is 12.3 Å². The molecule has 0 aliphatic carbocycles. The molecule has 18 heavy (non-hydrogen) atoms. The van der Waals surface area contributed by atoms with Crippen LogP contribution in [0, 0.1) is 0 Å². The van der Waals surface area contributed by atoms with E-state index in [0.29, 0.717) is 10.7 Å². The molecule has 0 radical (unpaired) electrons. The summed E-state index contributed by atoms with van der Waals surface area (Å²) in [6.07, 6.45) is -3.09. The second-order valence-electron chi connectivity index (χ2n) is 4.33. The van der Waals surface area contributed by atoms with Gasteiger partial charge in [-0.3, -0.25) is 4.79 Å². The maximum atomic E-state index is 12.4. The third kappa shape index (κ3) is 4.72. The van der Waals surface area contributed by atoms with Crippen LogP contribution in [-0.2, 0) is 11.3 Å². The maximum Gasteiger partial charge on any atom is 0.406 e. The number of carbonyl (C=O) groups is 1. The Balaban J connectivity index is 2.85. The largest absolute Gasteiger partial charge is 0.467 e. The van der Waals surface area contributed by atoms with E-state index in [9.17, 15) is 18.0 Å². The lowest BCUT2D eigenvalue weighted by atomic mass is 10.2. The first kappa shape index (κ1) is 15.1. The summed E-state index contributed by atoms with van der Waals surface area (Å²) in [6.45, 7) is 1.49. The summed E-state index contributed by atoms with van der Waals surface area (Å²) in [5.41, 5.74) is 0. The van der Waals surface area contributed by atoms with Crippen molar-refractivity contribution in [3.63, 3.8) is 0 Å². The lowest BCUT2D eigenvalue weighted by molar-refractivity contribution is -0.163. The molecule has 0 spiro atoms. The van der Waals surface area contributed by atoms with E-state index in [1.54, 1.807) is 6.07 Å². The predicted octanol–water partition coefficient (Wildman–Crippen LogP) is 3.34. The van der Waals surface area contributed by atoms with Crippen molar-refractivity contribution < 1.29 is 22.4 Å². The molecule has 0 aliphatic rings. The molecule has 0 saturated carbocycles.